The molecule has 0 aromatic carbocycles. The van der Waals surface area contributed by atoms with Gasteiger partial charge >= 0.3 is 0 Å². The zero-order chi connectivity index (χ0) is 11.2. The van der Waals surface area contributed by atoms with Crippen LogP contribution in [0.1, 0.15) is 18.7 Å². The van der Waals surface area contributed by atoms with Crippen molar-refractivity contribution in [1.29, 1.82) is 0 Å². The van der Waals surface area contributed by atoms with Gasteiger partial charge in [-0.3, -0.25) is 4.90 Å². The Morgan fingerprint density at radius 2 is 2.56 bits per heavy atom. The molecule has 2 heterocycles. The summed E-state index contributed by atoms with van der Waals surface area (Å²) in [4.78, 5) is 6.13. The van der Waals surface area contributed by atoms with Crippen LogP contribution in [-0.2, 0) is 6.54 Å². The molecule has 6 heteroatoms. The zero-order valence-electron chi connectivity index (χ0n) is 9.30. The number of aliphatic hydroxyl groups is 1. The van der Waals surface area contributed by atoms with Crippen molar-refractivity contribution in [2.75, 3.05) is 26.2 Å². The Labute approximate surface area is 94.6 Å². The maximum Gasteiger partial charge on any atom is 0.240 e. The van der Waals surface area contributed by atoms with Crippen molar-refractivity contribution in [2.45, 2.75) is 25.4 Å². The number of hydrogen-bond donors (Lipinski definition) is 2. The van der Waals surface area contributed by atoms with Crippen LogP contribution in [0, 0.1) is 0 Å². The number of rotatable bonds is 6. The molecular formula is C10H18N4O2. The fraction of sp³-hybridized carbons (Fsp3) is 0.800. The molecule has 16 heavy (non-hydrogen) atoms. The second-order valence-corrected chi connectivity index (χ2v) is 4.09. The fourth-order valence-electron chi connectivity index (χ4n) is 2.06. The first-order valence-corrected chi connectivity index (χ1v) is 5.70. The van der Waals surface area contributed by atoms with E-state index >= 15 is 0 Å². The second kappa shape index (κ2) is 5.93. The van der Waals surface area contributed by atoms with Crippen molar-refractivity contribution in [3.8, 4) is 0 Å². The largest absolute Gasteiger partial charge is 0.395 e. The van der Waals surface area contributed by atoms with E-state index in [1.807, 2.05) is 0 Å². The molecule has 1 aromatic heterocycles. The first kappa shape index (κ1) is 11.5. The summed E-state index contributed by atoms with van der Waals surface area (Å²) in [5, 5.41) is 16.0. The molecular weight excluding hydrogens is 208 g/mol. The van der Waals surface area contributed by atoms with Crippen molar-refractivity contribution in [3.05, 3.63) is 12.2 Å². The summed E-state index contributed by atoms with van der Waals surface area (Å²) in [5.74, 6) is 0.603. The normalized spacial score (nSPS) is 20.8. The lowest BCUT2D eigenvalue weighted by atomic mass is 10.2. The Hall–Kier alpha value is -0.980. The van der Waals surface area contributed by atoms with Crippen molar-refractivity contribution in [3.63, 3.8) is 0 Å². The van der Waals surface area contributed by atoms with Crippen LogP contribution in [0.4, 0.5) is 0 Å². The topological polar surface area (TPSA) is 74.4 Å². The van der Waals surface area contributed by atoms with Gasteiger partial charge in [-0.05, 0) is 19.4 Å². The highest BCUT2D eigenvalue weighted by atomic mass is 16.5. The Kier molecular flexibility index (Phi) is 4.26. The van der Waals surface area contributed by atoms with E-state index in [4.69, 9.17) is 9.63 Å². The molecule has 1 aliphatic rings. The van der Waals surface area contributed by atoms with Gasteiger partial charge in [-0.15, -0.1) is 0 Å². The standard InChI is InChI=1S/C10H18N4O2/c15-5-4-14(6-9-2-1-3-11-9)7-10-12-8-13-16-10/h8-9,11,15H,1-7H2. The predicted molar refractivity (Wildman–Crippen MR) is 57.7 cm³/mol. The van der Waals surface area contributed by atoms with Crippen LogP contribution in [-0.4, -0.2) is 52.4 Å². The van der Waals surface area contributed by atoms with Gasteiger partial charge < -0.3 is 14.9 Å². The maximum atomic E-state index is 9.01. The van der Waals surface area contributed by atoms with E-state index in [9.17, 15) is 0 Å². The number of aliphatic hydroxyl groups excluding tert-OH is 1. The molecule has 1 fully saturated rings. The third-order valence-corrected chi connectivity index (χ3v) is 2.82. The van der Waals surface area contributed by atoms with Crippen LogP contribution in [0.25, 0.3) is 0 Å². The highest BCUT2D eigenvalue weighted by Gasteiger charge is 2.18. The molecule has 2 N–H and O–H groups in total. The lowest BCUT2D eigenvalue weighted by Gasteiger charge is -2.23. The van der Waals surface area contributed by atoms with Crippen LogP contribution >= 0.6 is 0 Å². The zero-order valence-corrected chi connectivity index (χ0v) is 9.30. The molecule has 0 bridgehead atoms. The molecule has 1 aliphatic heterocycles. The Morgan fingerprint density at radius 1 is 1.62 bits per heavy atom. The van der Waals surface area contributed by atoms with Crippen molar-refractivity contribution in [1.82, 2.24) is 20.4 Å². The van der Waals surface area contributed by atoms with Gasteiger partial charge in [0.1, 0.15) is 0 Å². The molecule has 0 radical (unpaired) electrons. The number of aromatic nitrogens is 2. The van der Waals surface area contributed by atoms with E-state index in [-0.39, 0.29) is 6.61 Å². The Bertz CT molecular complexity index is 285. The van der Waals surface area contributed by atoms with Gasteiger partial charge in [0.05, 0.1) is 13.2 Å². The predicted octanol–water partition coefficient (Wildman–Crippen LogP) is -0.384. The van der Waals surface area contributed by atoms with Crippen LogP contribution in [0.5, 0.6) is 0 Å². The number of hydrogen-bond acceptors (Lipinski definition) is 6. The van der Waals surface area contributed by atoms with E-state index in [1.165, 1.54) is 19.2 Å². The summed E-state index contributed by atoms with van der Waals surface area (Å²) >= 11 is 0. The van der Waals surface area contributed by atoms with Gasteiger partial charge in [-0.1, -0.05) is 5.16 Å². The minimum atomic E-state index is 0.154. The van der Waals surface area contributed by atoms with E-state index in [0.717, 1.165) is 13.1 Å². The lowest BCUT2D eigenvalue weighted by Crippen LogP contribution is -2.38. The molecule has 1 unspecified atom stereocenters. The lowest BCUT2D eigenvalue weighted by molar-refractivity contribution is 0.163. The monoisotopic (exact) mass is 226 g/mol. The summed E-state index contributed by atoms with van der Waals surface area (Å²) in [5.41, 5.74) is 0. The summed E-state index contributed by atoms with van der Waals surface area (Å²) < 4.78 is 4.97. The van der Waals surface area contributed by atoms with Crippen molar-refractivity contribution < 1.29 is 9.63 Å². The first-order valence-electron chi connectivity index (χ1n) is 5.70. The smallest absolute Gasteiger partial charge is 0.240 e. The SMILES string of the molecule is OCCN(Cc1ncno1)CC1CCCN1. The van der Waals surface area contributed by atoms with Crippen LogP contribution in [0.15, 0.2) is 10.9 Å². The molecule has 1 atom stereocenters. The van der Waals surface area contributed by atoms with Gasteiger partial charge in [0.15, 0.2) is 6.33 Å². The van der Waals surface area contributed by atoms with Crippen molar-refractivity contribution in [2.24, 2.45) is 0 Å². The average Bonchev–Trinajstić information content (AvgIpc) is 2.91. The van der Waals surface area contributed by atoms with Gasteiger partial charge in [-0.25, -0.2) is 0 Å². The number of nitrogens with zero attached hydrogens (tertiary/aromatic N) is 3. The number of nitrogens with one attached hydrogen (secondary N) is 1. The van der Waals surface area contributed by atoms with E-state index in [1.54, 1.807) is 0 Å². The third kappa shape index (κ3) is 3.26. The molecule has 0 amide bonds. The van der Waals surface area contributed by atoms with Gasteiger partial charge in [0.25, 0.3) is 0 Å². The first-order chi connectivity index (χ1) is 7.88. The van der Waals surface area contributed by atoms with E-state index in [2.05, 4.69) is 20.4 Å². The molecule has 0 spiro atoms. The minimum absolute atomic E-state index is 0.154. The highest BCUT2D eigenvalue weighted by Crippen LogP contribution is 2.08. The van der Waals surface area contributed by atoms with Crippen LogP contribution in [0.2, 0.25) is 0 Å². The van der Waals surface area contributed by atoms with Crippen LogP contribution < -0.4 is 5.32 Å². The van der Waals surface area contributed by atoms with Gasteiger partial charge in [0, 0.05) is 19.1 Å². The summed E-state index contributed by atoms with van der Waals surface area (Å²) in [7, 11) is 0. The van der Waals surface area contributed by atoms with Gasteiger partial charge in [0.2, 0.25) is 5.89 Å². The fourth-order valence-corrected chi connectivity index (χ4v) is 2.06. The summed E-state index contributed by atoms with van der Waals surface area (Å²) in [6.07, 6.45) is 3.84. The van der Waals surface area contributed by atoms with Gasteiger partial charge in [-0.2, -0.15) is 4.98 Å². The average molecular weight is 226 g/mol. The summed E-state index contributed by atoms with van der Waals surface area (Å²) in [6, 6.07) is 0.523. The highest BCUT2D eigenvalue weighted by molar-refractivity contribution is 4.81. The second-order valence-electron chi connectivity index (χ2n) is 4.09. The minimum Gasteiger partial charge on any atom is -0.395 e. The molecule has 6 nitrogen and oxygen atoms in total. The van der Waals surface area contributed by atoms with Crippen LogP contribution in [0.3, 0.4) is 0 Å². The molecule has 1 aromatic rings. The van der Waals surface area contributed by atoms with E-state index < -0.39 is 0 Å². The van der Waals surface area contributed by atoms with Crippen molar-refractivity contribution >= 4 is 0 Å². The quantitative estimate of drug-likeness (QED) is 0.688. The molecule has 1 saturated heterocycles. The Morgan fingerprint density at radius 3 is 3.19 bits per heavy atom. The Balaban J connectivity index is 1.83. The molecule has 2 rings (SSSR count). The molecule has 0 aliphatic carbocycles. The molecule has 90 valence electrons. The summed E-state index contributed by atoms with van der Waals surface area (Å²) in [6.45, 7) is 3.42. The van der Waals surface area contributed by atoms with E-state index in [0.29, 0.717) is 25.0 Å². The third-order valence-electron chi connectivity index (χ3n) is 2.82. The maximum absolute atomic E-state index is 9.01. The molecule has 0 saturated carbocycles.